The normalized spacial score (nSPS) is 16.9. The van der Waals surface area contributed by atoms with Gasteiger partial charge in [-0.05, 0) is 57.0 Å². The zero-order chi connectivity index (χ0) is 21.0. The lowest BCUT2D eigenvalue weighted by Gasteiger charge is -2.37. The number of aromatic nitrogens is 2. The molecule has 2 aromatic rings. The number of carbonyl (C=O) groups excluding carboxylic acids is 1. The minimum Gasteiger partial charge on any atom is -0.493 e. The molecule has 1 saturated heterocycles. The van der Waals surface area contributed by atoms with E-state index in [2.05, 4.69) is 23.1 Å². The second-order valence-corrected chi connectivity index (χ2v) is 7.76. The first-order valence-corrected chi connectivity index (χ1v) is 10.1. The van der Waals surface area contributed by atoms with Crippen molar-refractivity contribution in [2.24, 2.45) is 7.05 Å². The minimum atomic E-state index is 0.0340. The predicted octanol–water partition coefficient (Wildman–Crippen LogP) is 2.52. The van der Waals surface area contributed by atoms with Crippen molar-refractivity contribution in [3.63, 3.8) is 0 Å². The number of likely N-dealkylation sites (tertiary alicyclic amines) is 1. The molecule has 1 atom stereocenters. The van der Waals surface area contributed by atoms with Crippen molar-refractivity contribution in [1.29, 1.82) is 0 Å². The molecule has 7 nitrogen and oxygen atoms in total. The molecule has 0 bridgehead atoms. The molecule has 29 heavy (non-hydrogen) atoms. The molecule has 3 rings (SSSR count). The summed E-state index contributed by atoms with van der Waals surface area (Å²) < 4.78 is 12.5. The van der Waals surface area contributed by atoms with E-state index in [1.54, 1.807) is 18.9 Å². The molecule has 0 spiro atoms. The highest BCUT2D eigenvalue weighted by Crippen LogP contribution is 2.28. The lowest BCUT2D eigenvalue weighted by molar-refractivity contribution is 0.0605. The Bertz CT molecular complexity index is 829. The number of hydrogen-bond donors (Lipinski definition) is 0. The molecule has 0 aliphatic carbocycles. The lowest BCUT2D eigenvalue weighted by Crippen LogP contribution is -2.49. The topological polar surface area (TPSA) is 59.8 Å². The molecule has 2 heterocycles. The van der Waals surface area contributed by atoms with Crippen LogP contribution in [-0.4, -0.2) is 72.4 Å². The highest BCUT2D eigenvalue weighted by molar-refractivity contribution is 5.92. The van der Waals surface area contributed by atoms with E-state index in [0.717, 1.165) is 56.1 Å². The molecule has 1 unspecified atom stereocenters. The standard InChI is InChI=1S/C22H32N4O3/c1-16-13-19(23-25(16)3)22(27)26-11-6-7-18(15-26)24(2)12-10-17-8-9-20(28-4)21(14-17)29-5/h8-9,13-14,18H,6-7,10-12,15H2,1-5H3. The Morgan fingerprint density at radius 3 is 2.66 bits per heavy atom. The first kappa shape index (κ1) is 21.2. The number of carbonyl (C=O) groups is 1. The van der Waals surface area contributed by atoms with E-state index in [-0.39, 0.29) is 5.91 Å². The summed E-state index contributed by atoms with van der Waals surface area (Å²) >= 11 is 0. The van der Waals surface area contributed by atoms with Gasteiger partial charge < -0.3 is 19.3 Å². The Kier molecular flexibility index (Phi) is 6.79. The molecule has 7 heteroatoms. The van der Waals surface area contributed by atoms with Gasteiger partial charge in [0.15, 0.2) is 17.2 Å². The van der Waals surface area contributed by atoms with Gasteiger partial charge in [-0.2, -0.15) is 5.10 Å². The van der Waals surface area contributed by atoms with Crippen LogP contribution in [0.3, 0.4) is 0 Å². The maximum Gasteiger partial charge on any atom is 0.274 e. The summed E-state index contributed by atoms with van der Waals surface area (Å²) in [4.78, 5) is 17.2. The maximum atomic E-state index is 12.8. The molecule has 1 fully saturated rings. The number of likely N-dealkylation sites (N-methyl/N-ethyl adjacent to an activating group) is 1. The van der Waals surface area contributed by atoms with Crippen LogP contribution in [0.15, 0.2) is 24.3 Å². The number of benzene rings is 1. The smallest absolute Gasteiger partial charge is 0.274 e. The summed E-state index contributed by atoms with van der Waals surface area (Å²) in [6.45, 7) is 4.43. The fourth-order valence-electron chi connectivity index (χ4n) is 3.85. The zero-order valence-corrected chi connectivity index (χ0v) is 18.1. The third-order valence-corrected chi connectivity index (χ3v) is 5.84. The predicted molar refractivity (Wildman–Crippen MR) is 113 cm³/mol. The average Bonchev–Trinajstić information content (AvgIpc) is 3.09. The Morgan fingerprint density at radius 2 is 2.00 bits per heavy atom. The number of hydrogen-bond acceptors (Lipinski definition) is 5. The number of amides is 1. The largest absolute Gasteiger partial charge is 0.493 e. The van der Waals surface area contributed by atoms with Crippen LogP contribution in [0, 0.1) is 6.92 Å². The summed E-state index contributed by atoms with van der Waals surface area (Å²) in [5.41, 5.74) is 2.75. The monoisotopic (exact) mass is 400 g/mol. The lowest BCUT2D eigenvalue weighted by atomic mass is 10.0. The van der Waals surface area contributed by atoms with Gasteiger partial charge in [-0.3, -0.25) is 9.48 Å². The molecule has 1 aromatic heterocycles. The summed E-state index contributed by atoms with van der Waals surface area (Å²) in [6.07, 6.45) is 3.04. The van der Waals surface area contributed by atoms with Gasteiger partial charge in [0.05, 0.1) is 14.2 Å². The minimum absolute atomic E-state index is 0.0340. The highest BCUT2D eigenvalue weighted by Gasteiger charge is 2.28. The highest BCUT2D eigenvalue weighted by atomic mass is 16.5. The van der Waals surface area contributed by atoms with Crippen LogP contribution in [0.25, 0.3) is 0 Å². The number of piperidine rings is 1. The molecule has 1 amide bonds. The summed E-state index contributed by atoms with van der Waals surface area (Å²) in [7, 11) is 7.32. The molecule has 0 saturated carbocycles. The molecular weight excluding hydrogens is 368 g/mol. The second kappa shape index (κ2) is 9.31. The van der Waals surface area contributed by atoms with Crippen LogP contribution in [0.1, 0.15) is 34.6 Å². The van der Waals surface area contributed by atoms with E-state index < -0.39 is 0 Å². The van der Waals surface area contributed by atoms with Crippen LogP contribution in [0.2, 0.25) is 0 Å². The van der Waals surface area contributed by atoms with E-state index in [9.17, 15) is 4.79 Å². The third-order valence-electron chi connectivity index (χ3n) is 5.84. The van der Waals surface area contributed by atoms with Crippen molar-refractivity contribution < 1.29 is 14.3 Å². The Hall–Kier alpha value is -2.54. The Morgan fingerprint density at radius 1 is 1.24 bits per heavy atom. The number of ether oxygens (including phenoxy) is 2. The van der Waals surface area contributed by atoms with Gasteiger partial charge in [0, 0.05) is 38.4 Å². The van der Waals surface area contributed by atoms with Crippen LogP contribution in [-0.2, 0) is 13.5 Å². The molecule has 1 aliphatic heterocycles. The molecule has 0 N–H and O–H groups in total. The molecule has 0 radical (unpaired) electrons. The summed E-state index contributed by atoms with van der Waals surface area (Å²) in [6, 6.07) is 8.29. The van der Waals surface area contributed by atoms with Gasteiger partial charge in [-0.15, -0.1) is 0 Å². The first-order chi connectivity index (χ1) is 13.9. The fraction of sp³-hybridized carbons (Fsp3) is 0.545. The van der Waals surface area contributed by atoms with Gasteiger partial charge in [-0.25, -0.2) is 0 Å². The Balaban J connectivity index is 1.58. The Labute approximate surface area is 173 Å². The van der Waals surface area contributed by atoms with Crippen molar-refractivity contribution >= 4 is 5.91 Å². The molecule has 1 aliphatic rings. The van der Waals surface area contributed by atoms with Gasteiger partial charge in [0.2, 0.25) is 0 Å². The van der Waals surface area contributed by atoms with Crippen LogP contribution < -0.4 is 9.47 Å². The van der Waals surface area contributed by atoms with E-state index in [0.29, 0.717) is 11.7 Å². The molecule has 1 aromatic carbocycles. The first-order valence-electron chi connectivity index (χ1n) is 10.1. The molecule has 158 valence electrons. The SMILES string of the molecule is COc1ccc(CCN(C)C2CCCN(C(=O)c3cc(C)n(C)n3)C2)cc1OC. The number of nitrogens with zero attached hydrogens (tertiary/aromatic N) is 4. The third kappa shape index (κ3) is 4.90. The zero-order valence-electron chi connectivity index (χ0n) is 18.1. The summed E-state index contributed by atoms with van der Waals surface area (Å²) in [5, 5.41) is 4.35. The van der Waals surface area contributed by atoms with Crippen molar-refractivity contribution in [2.75, 3.05) is 40.9 Å². The van der Waals surface area contributed by atoms with Crippen LogP contribution >= 0.6 is 0 Å². The van der Waals surface area contributed by atoms with Crippen molar-refractivity contribution in [3.05, 3.63) is 41.2 Å². The number of methoxy groups -OCH3 is 2. The van der Waals surface area contributed by atoms with E-state index in [1.807, 2.05) is 37.1 Å². The molecular formula is C22H32N4O3. The fourth-order valence-corrected chi connectivity index (χ4v) is 3.85. The van der Waals surface area contributed by atoms with Crippen molar-refractivity contribution in [1.82, 2.24) is 19.6 Å². The maximum absolute atomic E-state index is 12.8. The number of rotatable bonds is 7. The average molecular weight is 401 g/mol. The van der Waals surface area contributed by atoms with Crippen LogP contribution in [0.4, 0.5) is 0 Å². The van der Waals surface area contributed by atoms with Gasteiger partial charge in [-0.1, -0.05) is 6.07 Å². The van der Waals surface area contributed by atoms with E-state index in [4.69, 9.17) is 9.47 Å². The van der Waals surface area contributed by atoms with Gasteiger partial charge >= 0.3 is 0 Å². The quantitative estimate of drug-likeness (QED) is 0.715. The van der Waals surface area contributed by atoms with Crippen LogP contribution in [0.5, 0.6) is 11.5 Å². The number of aryl methyl sites for hydroxylation is 2. The van der Waals surface area contributed by atoms with Crippen molar-refractivity contribution in [3.8, 4) is 11.5 Å². The van der Waals surface area contributed by atoms with Gasteiger partial charge in [0.25, 0.3) is 5.91 Å². The van der Waals surface area contributed by atoms with E-state index >= 15 is 0 Å². The van der Waals surface area contributed by atoms with E-state index in [1.165, 1.54) is 5.56 Å². The van der Waals surface area contributed by atoms with Crippen molar-refractivity contribution in [2.45, 2.75) is 32.2 Å². The van der Waals surface area contributed by atoms with Gasteiger partial charge in [0.1, 0.15) is 0 Å². The second-order valence-electron chi connectivity index (χ2n) is 7.76. The summed E-state index contributed by atoms with van der Waals surface area (Å²) in [5.74, 6) is 1.54.